The summed E-state index contributed by atoms with van der Waals surface area (Å²) in [5.41, 5.74) is 0.455. The number of hydrogen-bond donors (Lipinski definition) is 0. The molecule has 0 saturated heterocycles. The molecule has 13 heavy (non-hydrogen) atoms. The zero-order valence-corrected chi connectivity index (χ0v) is 8.55. The van der Waals surface area contributed by atoms with E-state index in [1.807, 2.05) is 13.8 Å². The molecule has 1 heterocycles. The van der Waals surface area contributed by atoms with Gasteiger partial charge in [0.2, 0.25) is 0 Å². The maximum Gasteiger partial charge on any atom is 0.144 e. The first-order valence-electron chi connectivity index (χ1n) is 4.34. The number of nitrogens with zero attached hydrogens (tertiary/aromatic N) is 1. The fraction of sp³-hybridized carbons (Fsp3) is 0.500. The third-order valence-corrected chi connectivity index (χ3v) is 2.60. The van der Waals surface area contributed by atoms with Crippen LogP contribution in [-0.2, 0) is 6.42 Å². The Kier molecular flexibility index (Phi) is 3.67. The van der Waals surface area contributed by atoms with Crippen molar-refractivity contribution in [3.63, 3.8) is 0 Å². The van der Waals surface area contributed by atoms with E-state index in [4.69, 9.17) is 11.6 Å². The molecule has 0 fully saturated rings. The first-order chi connectivity index (χ1) is 6.11. The average Bonchev–Trinajstić information content (AvgIpc) is 2.08. The molecule has 0 radical (unpaired) electrons. The van der Waals surface area contributed by atoms with Crippen molar-refractivity contribution < 1.29 is 4.39 Å². The number of alkyl halides is 1. The predicted octanol–water partition coefficient (Wildman–Crippen LogP) is 3.03. The molecule has 1 rings (SSSR count). The van der Waals surface area contributed by atoms with Crippen LogP contribution < -0.4 is 0 Å². The summed E-state index contributed by atoms with van der Waals surface area (Å²) in [6.07, 6.45) is 2.08. The summed E-state index contributed by atoms with van der Waals surface area (Å²) in [5.74, 6) is 0.0665. The number of pyridine rings is 1. The Morgan fingerprint density at radius 2 is 2.23 bits per heavy atom. The maximum absolute atomic E-state index is 13.1. The molecular weight excluding hydrogens is 189 g/mol. The van der Waals surface area contributed by atoms with Crippen molar-refractivity contribution in [2.24, 2.45) is 5.92 Å². The molecule has 1 nitrogen and oxygen atoms in total. The van der Waals surface area contributed by atoms with Crippen LogP contribution in [0.2, 0.25) is 0 Å². The van der Waals surface area contributed by atoms with Crippen LogP contribution in [0.5, 0.6) is 0 Å². The van der Waals surface area contributed by atoms with Crippen molar-refractivity contribution >= 4 is 11.6 Å². The van der Waals surface area contributed by atoms with E-state index >= 15 is 0 Å². The van der Waals surface area contributed by atoms with Gasteiger partial charge in [0.1, 0.15) is 5.82 Å². The Balaban J connectivity index is 2.69. The third kappa shape index (κ3) is 2.96. The van der Waals surface area contributed by atoms with Crippen LogP contribution in [0.25, 0.3) is 0 Å². The molecule has 0 spiro atoms. The van der Waals surface area contributed by atoms with Gasteiger partial charge in [-0.25, -0.2) is 4.39 Å². The third-order valence-electron chi connectivity index (χ3n) is 1.95. The van der Waals surface area contributed by atoms with Crippen molar-refractivity contribution in [3.05, 3.63) is 29.8 Å². The topological polar surface area (TPSA) is 12.9 Å². The minimum absolute atomic E-state index is 0.0515. The van der Waals surface area contributed by atoms with Gasteiger partial charge in [-0.05, 0) is 18.1 Å². The highest BCUT2D eigenvalue weighted by molar-refractivity contribution is 6.20. The van der Waals surface area contributed by atoms with Crippen LogP contribution in [0, 0.1) is 11.7 Å². The molecule has 0 N–H and O–H groups in total. The van der Waals surface area contributed by atoms with Gasteiger partial charge >= 0.3 is 0 Å². The quantitative estimate of drug-likeness (QED) is 0.686. The molecule has 1 unspecified atom stereocenters. The van der Waals surface area contributed by atoms with Gasteiger partial charge < -0.3 is 0 Å². The van der Waals surface area contributed by atoms with E-state index in [1.54, 1.807) is 12.3 Å². The number of aromatic nitrogens is 1. The van der Waals surface area contributed by atoms with Crippen LogP contribution in [0.3, 0.4) is 0 Å². The Bertz CT molecular complexity index is 275. The molecule has 0 aliphatic carbocycles. The second kappa shape index (κ2) is 4.56. The summed E-state index contributed by atoms with van der Waals surface area (Å²) in [6.45, 7) is 4.02. The van der Waals surface area contributed by atoms with Gasteiger partial charge in [-0.1, -0.05) is 13.8 Å². The van der Waals surface area contributed by atoms with E-state index < -0.39 is 0 Å². The normalized spacial score (nSPS) is 13.3. The van der Waals surface area contributed by atoms with Gasteiger partial charge in [-0.3, -0.25) is 4.98 Å². The summed E-state index contributed by atoms with van der Waals surface area (Å²) in [6, 6.07) is 2.99. The molecule has 1 aromatic rings. The van der Waals surface area contributed by atoms with Gasteiger partial charge in [0.25, 0.3) is 0 Å². The first kappa shape index (κ1) is 10.5. The van der Waals surface area contributed by atoms with Gasteiger partial charge in [0.15, 0.2) is 0 Å². The van der Waals surface area contributed by atoms with E-state index in [0.29, 0.717) is 18.0 Å². The SMILES string of the molecule is CC(C)C(Cl)Cc1ncccc1F. The van der Waals surface area contributed by atoms with E-state index in [-0.39, 0.29) is 11.2 Å². The maximum atomic E-state index is 13.1. The molecule has 0 aliphatic rings. The Morgan fingerprint density at radius 1 is 1.54 bits per heavy atom. The van der Waals surface area contributed by atoms with Crippen molar-refractivity contribution in [2.45, 2.75) is 25.6 Å². The van der Waals surface area contributed by atoms with Crippen molar-refractivity contribution in [1.29, 1.82) is 0 Å². The Morgan fingerprint density at radius 3 is 2.77 bits per heavy atom. The highest BCUT2D eigenvalue weighted by Gasteiger charge is 2.13. The molecule has 0 bridgehead atoms. The second-order valence-corrected chi connectivity index (χ2v) is 3.96. The number of hydrogen-bond acceptors (Lipinski definition) is 1. The van der Waals surface area contributed by atoms with Crippen molar-refractivity contribution in [3.8, 4) is 0 Å². The molecule has 0 amide bonds. The first-order valence-corrected chi connectivity index (χ1v) is 4.78. The molecule has 0 aliphatic heterocycles. The Labute approximate surface area is 82.9 Å². The monoisotopic (exact) mass is 201 g/mol. The summed E-state index contributed by atoms with van der Waals surface area (Å²) >= 11 is 6.02. The highest BCUT2D eigenvalue weighted by atomic mass is 35.5. The fourth-order valence-corrected chi connectivity index (χ4v) is 1.14. The lowest BCUT2D eigenvalue weighted by atomic mass is 10.1. The van der Waals surface area contributed by atoms with Crippen molar-refractivity contribution in [1.82, 2.24) is 4.98 Å². The summed E-state index contributed by atoms with van der Waals surface area (Å²) in [7, 11) is 0. The van der Waals surface area contributed by atoms with Crippen LogP contribution in [0.1, 0.15) is 19.5 Å². The van der Waals surface area contributed by atoms with Gasteiger partial charge in [-0.15, -0.1) is 11.6 Å². The molecule has 0 aromatic carbocycles. The molecular formula is C10H13ClFN. The summed E-state index contributed by atoms with van der Waals surface area (Å²) in [5, 5.41) is -0.0515. The molecule has 1 atom stereocenters. The van der Waals surface area contributed by atoms with Crippen LogP contribution in [-0.4, -0.2) is 10.4 Å². The molecule has 72 valence electrons. The standard InChI is InChI=1S/C10H13ClFN/c1-7(2)8(11)6-10-9(12)4-3-5-13-10/h3-5,7-8H,6H2,1-2H3. The van der Waals surface area contributed by atoms with Gasteiger partial charge in [0.05, 0.1) is 5.69 Å². The van der Waals surface area contributed by atoms with E-state index in [9.17, 15) is 4.39 Å². The van der Waals surface area contributed by atoms with Crippen LogP contribution in [0.4, 0.5) is 4.39 Å². The van der Waals surface area contributed by atoms with Crippen molar-refractivity contribution in [2.75, 3.05) is 0 Å². The Hall–Kier alpha value is -0.630. The van der Waals surface area contributed by atoms with Crippen LogP contribution in [0.15, 0.2) is 18.3 Å². The predicted molar refractivity (Wildman–Crippen MR) is 52.4 cm³/mol. The molecule has 3 heteroatoms. The molecule has 0 saturated carbocycles. The number of rotatable bonds is 3. The lowest BCUT2D eigenvalue weighted by Gasteiger charge is -2.12. The van der Waals surface area contributed by atoms with E-state index in [2.05, 4.69) is 4.98 Å². The smallest absolute Gasteiger partial charge is 0.144 e. The molecule has 1 aromatic heterocycles. The van der Waals surface area contributed by atoms with E-state index in [0.717, 1.165) is 0 Å². The summed E-state index contributed by atoms with van der Waals surface area (Å²) in [4.78, 5) is 3.94. The zero-order chi connectivity index (χ0) is 9.84. The fourth-order valence-electron chi connectivity index (χ4n) is 0.989. The minimum Gasteiger partial charge on any atom is -0.258 e. The zero-order valence-electron chi connectivity index (χ0n) is 7.80. The van der Waals surface area contributed by atoms with Gasteiger partial charge in [0, 0.05) is 18.0 Å². The lowest BCUT2D eigenvalue weighted by Crippen LogP contribution is -2.13. The average molecular weight is 202 g/mol. The van der Waals surface area contributed by atoms with Crippen LogP contribution >= 0.6 is 11.6 Å². The van der Waals surface area contributed by atoms with E-state index in [1.165, 1.54) is 6.07 Å². The second-order valence-electron chi connectivity index (χ2n) is 3.40. The largest absolute Gasteiger partial charge is 0.258 e. The summed E-state index contributed by atoms with van der Waals surface area (Å²) < 4.78 is 13.1. The highest BCUT2D eigenvalue weighted by Crippen LogP contribution is 2.16. The minimum atomic E-state index is -0.270. The lowest BCUT2D eigenvalue weighted by molar-refractivity contribution is 0.554. The van der Waals surface area contributed by atoms with Gasteiger partial charge in [-0.2, -0.15) is 0 Å². The number of halogens is 2.